The molecule has 0 spiro atoms. The van der Waals surface area contributed by atoms with E-state index in [1.807, 2.05) is 0 Å². The zero-order valence-electron chi connectivity index (χ0n) is 15.0. The van der Waals surface area contributed by atoms with E-state index in [1.165, 1.54) is 24.3 Å². The average Bonchev–Trinajstić information content (AvgIpc) is 2.73. The van der Waals surface area contributed by atoms with Crippen LogP contribution in [0.2, 0.25) is 5.02 Å². The first-order valence-electron chi connectivity index (χ1n) is 8.53. The van der Waals surface area contributed by atoms with Gasteiger partial charge in [-0.1, -0.05) is 11.6 Å². The second kappa shape index (κ2) is 8.87. The Hall–Kier alpha value is -2.53. The van der Waals surface area contributed by atoms with Gasteiger partial charge in [0.1, 0.15) is 10.7 Å². The number of carbonyl (C=O) groups is 2. The molecular weight excluding hydrogens is 425 g/mol. The van der Waals surface area contributed by atoms with Crippen LogP contribution in [-0.4, -0.2) is 50.8 Å². The number of hydrogen-bond donors (Lipinski definition) is 2. The number of ether oxygens (including phenoxy) is 1. The predicted octanol–water partition coefficient (Wildman–Crippen LogP) is 1.57. The average molecular weight is 442 g/mol. The summed E-state index contributed by atoms with van der Waals surface area (Å²) in [5, 5.41) is 0.450. The number of rotatable bonds is 4. The second-order valence-corrected chi connectivity index (χ2v) is 8.42. The Morgan fingerprint density at radius 1 is 0.966 bits per heavy atom. The van der Waals surface area contributed by atoms with E-state index in [9.17, 15) is 22.4 Å². The van der Waals surface area contributed by atoms with Crippen LogP contribution < -0.4 is 10.9 Å². The maximum absolute atomic E-state index is 14.2. The van der Waals surface area contributed by atoms with E-state index in [4.69, 9.17) is 16.3 Å². The summed E-state index contributed by atoms with van der Waals surface area (Å²) >= 11 is 5.75. The molecule has 2 N–H and O–H groups in total. The summed E-state index contributed by atoms with van der Waals surface area (Å²) in [6.07, 6.45) is 0. The Balaban J connectivity index is 1.73. The summed E-state index contributed by atoms with van der Waals surface area (Å²) in [6.45, 7) is 0.597. The number of hydrazine groups is 1. The molecule has 2 aromatic carbocycles. The van der Waals surface area contributed by atoms with Crippen LogP contribution in [0, 0.1) is 5.82 Å². The number of benzene rings is 2. The van der Waals surface area contributed by atoms with Crippen molar-refractivity contribution in [2.24, 2.45) is 0 Å². The normalized spacial score (nSPS) is 15.0. The van der Waals surface area contributed by atoms with Crippen LogP contribution in [0.1, 0.15) is 20.7 Å². The summed E-state index contributed by atoms with van der Waals surface area (Å²) in [5.41, 5.74) is 4.49. The molecule has 29 heavy (non-hydrogen) atoms. The third kappa shape index (κ3) is 4.91. The van der Waals surface area contributed by atoms with Crippen molar-refractivity contribution in [3.63, 3.8) is 0 Å². The summed E-state index contributed by atoms with van der Waals surface area (Å²) in [4.78, 5) is 23.7. The minimum Gasteiger partial charge on any atom is -0.379 e. The van der Waals surface area contributed by atoms with Crippen LogP contribution in [0.25, 0.3) is 0 Å². The van der Waals surface area contributed by atoms with Gasteiger partial charge in [0.2, 0.25) is 10.0 Å². The highest BCUT2D eigenvalue weighted by molar-refractivity contribution is 7.89. The van der Waals surface area contributed by atoms with E-state index in [2.05, 4.69) is 10.9 Å². The van der Waals surface area contributed by atoms with Gasteiger partial charge in [0.25, 0.3) is 11.8 Å². The summed E-state index contributed by atoms with van der Waals surface area (Å²) < 4.78 is 45.8. The minimum atomic E-state index is -4.13. The molecule has 0 aliphatic carbocycles. The van der Waals surface area contributed by atoms with Gasteiger partial charge >= 0.3 is 0 Å². The maximum atomic E-state index is 14.2. The fraction of sp³-hybridized carbons (Fsp3) is 0.222. The number of hydrogen-bond acceptors (Lipinski definition) is 5. The molecule has 1 saturated heterocycles. The highest BCUT2D eigenvalue weighted by Gasteiger charge is 2.29. The molecule has 2 amide bonds. The van der Waals surface area contributed by atoms with Crippen LogP contribution >= 0.6 is 11.6 Å². The number of carbonyl (C=O) groups excluding carboxylic acids is 2. The lowest BCUT2D eigenvalue weighted by Gasteiger charge is -2.26. The number of sulfonamides is 1. The molecule has 11 heteroatoms. The Morgan fingerprint density at radius 2 is 1.52 bits per heavy atom. The Labute approximate surface area is 171 Å². The van der Waals surface area contributed by atoms with Crippen LogP contribution in [0.5, 0.6) is 0 Å². The first-order chi connectivity index (χ1) is 13.8. The number of nitrogens with zero attached hydrogens (tertiary/aromatic N) is 1. The van der Waals surface area contributed by atoms with Crippen molar-refractivity contribution in [3.05, 3.63) is 64.4 Å². The van der Waals surface area contributed by atoms with Crippen LogP contribution in [-0.2, 0) is 14.8 Å². The monoisotopic (exact) mass is 441 g/mol. The molecule has 0 radical (unpaired) electrons. The summed E-state index contributed by atoms with van der Waals surface area (Å²) in [5.74, 6) is -2.37. The highest BCUT2D eigenvalue weighted by atomic mass is 35.5. The Kier molecular flexibility index (Phi) is 6.48. The van der Waals surface area contributed by atoms with E-state index in [0.29, 0.717) is 5.02 Å². The van der Waals surface area contributed by atoms with Gasteiger partial charge in [-0.15, -0.1) is 0 Å². The second-order valence-electron chi connectivity index (χ2n) is 6.08. The molecule has 0 bridgehead atoms. The topological polar surface area (TPSA) is 105 Å². The smallest absolute Gasteiger partial charge is 0.269 e. The van der Waals surface area contributed by atoms with Crippen molar-refractivity contribution in [2.75, 3.05) is 26.3 Å². The molecule has 8 nitrogen and oxygen atoms in total. The maximum Gasteiger partial charge on any atom is 0.269 e. The third-order valence-corrected chi connectivity index (χ3v) is 6.34. The molecule has 1 heterocycles. The number of halogens is 2. The SMILES string of the molecule is O=C(NNC(=O)c1ccc(F)c(S(=O)(=O)N2CCOCC2)c1)c1ccc(Cl)cc1. The van der Waals surface area contributed by atoms with Gasteiger partial charge in [-0.2, -0.15) is 4.31 Å². The molecule has 3 rings (SSSR count). The summed E-state index contributed by atoms with van der Waals surface area (Å²) in [6, 6.07) is 8.91. The van der Waals surface area contributed by atoms with Crippen molar-refractivity contribution < 1.29 is 27.1 Å². The third-order valence-electron chi connectivity index (χ3n) is 4.18. The molecule has 1 aliphatic heterocycles. The summed E-state index contributed by atoms with van der Waals surface area (Å²) in [7, 11) is -4.13. The zero-order valence-corrected chi connectivity index (χ0v) is 16.6. The minimum absolute atomic E-state index is 0.0926. The molecule has 2 aromatic rings. The lowest BCUT2D eigenvalue weighted by Crippen LogP contribution is -2.42. The van der Waals surface area contributed by atoms with Crippen molar-refractivity contribution in [3.8, 4) is 0 Å². The lowest BCUT2D eigenvalue weighted by molar-refractivity contribution is 0.0729. The Morgan fingerprint density at radius 3 is 2.14 bits per heavy atom. The first kappa shape index (κ1) is 21.2. The first-order valence-corrected chi connectivity index (χ1v) is 10.3. The van der Waals surface area contributed by atoms with E-state index >= 15 is 0 Å². The van der Waals surface area contributed by atoms with E-state index in [1.54, 1.807) is 0 Å². The van der Waals surface area contributed by atoms with Crippen molar-refractivity contribution in [2.45, 2.75) is 4.90 Å². The molecule has 0 atom stereocenters. The highest BCUT2D eigenvalue weighted by Crippen LogP contribution is 2.21. The van der Waals surface area contributed by atoms with Crippen molar-refractivity contribution >= 4 is 33.4 Å². The number of nitrogens with one attached hydrogen (secondary N) is 2. The van der Waals surface area contributed by atoms with Gasteiger partial charge in [-0.3, -0.25) is 20.4 Å². The standard InChI is InChI=1S/C18H17ClFN3O5S/c19-14-4-1-12(2-5-14)17(24)21-22-18(25)13-3-6-15(20)16(11-13)29(26,27)23-7-9-28-10-8-23/h1-6,11H,7-10H2,(H,21,24)(H,22,25). The number of amides is 2. The molecule has 0 aromatic heterocycles. The number of morpholine rings is 1. The van der Waals surface area contributed by atoms with Gasteiger partial charge in [-0.05, 0) is 42.5 Å². The van der Waals surface area contributed by atoms with Crippen LogP contribution in [0.3, 0.4) is 0 Å². The fourth-order valence-corrected chi connectivity index (χ4v) is 4.25. The van der Waals surface area contributed by atoms with Crippen LogP contribution in [0.15, 0.2) is 47.4 Å². The van der Waals surface area contributed by atoms with Crippen LogP contribution in [0.4, 0.5) is 4.39 Å². The lowest BCUT2D eigenvalue weighted by atomic mass is 10.2. The van der Waals surface area contributed by atoms with Crippen molar-refractivity contribution in [1.82, 2.24) is 15.2 Å². The predicted molar refractivity (Wildman–Crippen MR) is 102 cm³/mol. The molecular formula is C18H17ClFN3O5S. The zero-order chi connectivity index (χ0) is 21.0. The van der Waals surface area contributed by atoms with Gasteiger partial charge in [0, 0.05) is 29.2 Å². The molecule has 0 unspecified atom stereocenters. The van der Waals surface area contributed by atoms with E-state index in [-0.39, 0.29) is 37.4 Å². The van der Waals surface area contributed by atoms with E-state index in [0.717, 1.165) is 22.5 Å². The fourth-order valence-electron chi connectivity index (χ4n) is 2.63. The van der Waals surface area contributed by atoms with Gasteiger partial charge in [-0.25, -0.2) is 12.8 Å². The van der Waals surface area contributed by atoms with Crippen molar-refractivity contribution in [1.29, 1.82) is 0 Å². The molecule has 0 saturated carbocycles. The largest absolute Gasteiger partial charge is 0.379 e. The van der Waals surface area contributed by atoms with Gasteiger partial charge < -0.3 is 4.74 Å². The van der Waals surface area contributed by atoms with Gasteiger partial charge in [0.15, 0.2) is 0 Å². The van der Waals surface area contributed by atoms with Gasteiger partial charge in [0.05, 0.1) is 13.2 Å². The molecule has 1 fully saturated rings. The molecule has 154 valence electrons. The Bertz CT molecular complexity index is 1020. The quantitative estimate of drug-likeness (QED) is 0.701. The molecule has 1 aliphatic rings. The van der Waals surface area contributed by atoms with E-state index < -0.39 is 32.6 Å².